The highest BCUT2D eigenvalue weighted by molar-refractivity contribution is 9.10. The minimum absolute atomic E-state index is 0.0851. The molecule has 3 aromatic rings. The number of rotatable bonds is 6. The fourth-order valence-corrected chi connectivity index (χ4v) is 3.72. The summed E-state index contributed by atoms with van der Waals surface area (Å²) in [6, 6.07) is 21.4. The Hall–Kier alpha value is -2.44. The number of nitrogen functional groups attached to an aromatic ring is 1. The molecule has 4 nitrogen and oxygen atoms in total. The van der Waals surface area contributed by atoms with Gasteiger partial charge in [0, 0.05) is 38.6 Å². The molecule has 0 heterocycles. The van der Waals surface area contributed by atoms with E-state index in [0.29, 0.717) is 12.3 Å². The first-order valence-electron chi connectivity index (χ1n) is 8.32. The van der Waals surface area contributed by atoms with E-state index < -0.39 is 0 Å². The maximum atomic E-state index is 11.1. The third-order valence-corrected chi connectivity index (χ3v) is 5.27. The molecule has 1 amide bonds. The topological polar surface area (TPSA) is 64.3 Å². The molecule has 6 heteroatoms. The summed E-state index contributed by atoms with van der Waals surface area (Å²) in [5, 5.41) is 2.75. The van der Waals surface area contributed by atoms with Crippen LogP contribution in [-0.2, 0) is 11.4 Å². The zero-order valence-corrected chi connectivity index (χ0v) is 17.1. The SMILES string of the molecule is CC(=O)Nc1ccc(Sc2ccc(OCc3cccc(Br)c3)cc2N)cc1. The number of hydrogen-bond acceptors (Lipinski definition) is 4. The van der Waals surface area contributed by atoms with E-state index in [2.05, 4.69) is 21.2 Å². The van der Waals surface area contributed by atoms with Gasteiger partial charge in [0.15, 0.2) is 0 Å². The van der Waals surface area contributed by atoms with Crippen molar-refractivity contribution in [1.29, 1.82) is 0 Å². The zero-order valence-electron chi connectivity index (χ0n) is 14.7. The lowest BCUT2D eigenvalue weighted by molar-refractivity contribution is -0.114. The van der Waals surface area contributed by atoms with Gasteiger partial charge >= 0.3 is 0 Å². The van der Waals surface area contributed by atoms with Crippen LogP contribution >= 0.6 is 27.7 Å². The number of hydrogen-bond donors (Lipinski definition) is 2. The van der Waals surface area contributed by atoms with Gasteiger partial charge in [0.2, 0.25) is 5.91 Å². The Labute approximate surface area is 171 Å². The van der Waals surface area contributed by atoms with Crippen molar-refractivity contribution in [2.24, 2.45) is 0 Å². The van der Waals surface area contributed by atoms with Crippen molar-refractivity contribution in [2.75, 3.05) is 11.1 Å². The van der Waals surface area contributed by atoms with Crippen molar-refractivity contribution in [3.8, 4) is 5.75 Å². The molecule has 0 fully saturated rings. The molecule has 0 aromatic heterocycles. The summed E-state index contributed by atoms with van der Waals surface area (Å²) in [5.41, 5.74) is 8.72. The Morgan fingerprint density at radius 1 is 1.11 bits per heavy atom. The first-order valence-corrected chi connectivity index (χ1v) is 9.93. The maximum Gasteiger partial charge on any atom is 0.221 e. The van der Waals surface area contributed by atoms with E-state index in [9.17, 15) is 4.79 Å². The van der Waals surface area contributed by atoms with Crippen LogP contribution in [0.4, 0.5) is 11.4 Å². The Morgan fingerprint density at radius 2 is 1.89 bits per heavy atom. The van der Waals surface area contributed by atoms with Crippen LogP contribution in [-0.4, -0.2) is 5.91 Å². The fourth-order valence-electron chi connectivity index (χ4n) is 2.44. The van der Waals surface area contributed by atoms with Gasteiger partial charge in [-0.25, -0.2) is 0 Å². The van der Waals surface area contributed by atoms with Crippen molar-refractivity contribution in [3.05, 3.63) is 76.8 Å². The highest BCUT2D eigenvalue weighted by Crippen LogP contribution is 2.34. The lowest BCUT2D eigenvalue weighted by Crippen LogP contribution is -2.05. The molecule has 3 N–H and O–H groups in total. The second-order valence-corrected chi connectivity index (χ2v) is 7.96. The van der Waals surface area contributed by atoms with E-state index in [1.807, 2.05) is 66.7 Å². The molecule has 0 aliphatic rings. The van der Waals surface area contributed by atoms with Gasteiger partial charge in [0.25, 0.3) is 0 Å². The predicted molar refractivity (Wildman–Crippen MR) is 114 cm³/mol. The Morgan fingerprint density at radius 3 is 2.56 bits per heavy atom. The first-order chi connectivity index (χ1) is 13.0. The standard InChI is InChI=1S/C21H19BrN2O2S/c1-14(25)24-17-5-8-19(9-6-17)27-21-10-7-18(12-20(21)23)26-13-15-3-2-4-16(22)11-15/h2-12H,13,23H2,1H3,(H,24,25). The van der Waals surface area contributed by atoms with E-state index in [4.69, 9.17) is 10.5 Å². The average Bonchev–Trinajstić information content (AvgIpc) is 2.63. The van der Waals surface area contributed by atoms with Crippen LogP contribution in [0.25, 0.3) is 0 Å². The molecule has 0 aliphatic carbocycles. The smallest absolute Gasteiger partial charge is 0.221 e. The van der Waals surface area contributed by atoms with Crippen molar-refractivity contribution < 1.29 is 9.53 Å². The van der Waals surface area contributed by atoms with Crippen LogP contribution in [0.15, 0.2) is 81.0 Å². The molecule has 3 rings (SSSR count). The van der Waals surface area contributed by atoms with Crippen molar-refractivity contribution >= 4 is 45.0 Å². The number of amides is 1. The summed E-state index contributed by atoms with van der Waals surface area (Å²) < 4.78 is 6.86. The summed E-state index contributed by atoms with van der Waals surface area (Å²) in [4.78, 5) is 13.1. The van der Waals surface area contributed by atoms with Crippen molar-refractivity contribution in [3.63, 3.8) is 0 Å². The quantitative estimate of drug-likeness (QED) is 0.479. The monoisotopic (exact) mass is 442 g/mol. The molecule has 138 valence electrons. The molecule has 27 heavy (non-hydrogen) atoms. The number of nitrogens with one attached hydrogen (secondary N) is 1. The molecule has 0 radical (unpaired) electrons. The Balaban J connectivity index is 1.63. The lowest BCUT2D eigenvalue weighted by atomic mass is 10.2. The minimum Gasteiger partial charge on any atom is -0.489 e. The summed E-state index contributed by atoms with van der Waals surface area (Å²) in [6.45, 7) is 1.97. The van der Waals surface area contributed by atoms with Gasteiger partial charge in [-0.3, -0.25) is 4.79 Å². The second kappa shape index (κ2) is 8.97. The molecule has 0 saturated heterocycles. The van der Waals surface area contributed by atoms with Gasteiger partial charge < -0.3 is 15.8 Å². The van der Waals surface area contributed by atoms with Gasteiger partial charge in [0.1, 0.15) is 12.4 Å². The molecule has 3 aromatic carbocycles. The van der Waals surface area contributed by atoms with Gasteiger partial charge in [-0.15, -0.1) is 0 Å². The van der Waals surface area contributed by atoms with Crippen LogP contribution in [0.5, 0.6) is 5.75 Å². The van der Waals surface area contributed by atoms with Crippen LogP contribution in [0.1, 0.15) is 12.5 Å². The summed E-state index contributed by atoms with van der Waals surface area (Å²) >= 11 is 5.03. The van der Waals surface area contributed by atoms with Crippen LogP contribution in [0.3, 0.4) is 0 Å². The highest BCUT2D eigenvalue weighted by atomic mass is 79.9. The molecular weight excluding hydrogens is 424 g/mol. The molecule has 0 atom stereocenters. The molecule has 0 unspecified atom stereocenters. The minimum atomic E-state index is -0.0851. The number of carbonyl (C=O) groups excluding carboxylic acids is 1. The van der Waals surface area contributed by atoms with E-state index in [1.165, 1.54) is 6.92 Å². The molecule has 0 spiro atoms. The van der Waals surface area contributed by atoms with Crippen molar-refractivity contribution in [1.82, 2.24) is 0 Å². The molecule has 0 saturated carbocycles. The number of anilines is 2. The number of ether oxygens (including phenoxy) is 1. The number of halogens is 1. The Kier molecular flexibility index (Phi) is 6.42. The number of carbonyl (C=O) groups is 1. The van der Waals surface area contributed by atoms with Gasteiger partial charge in [-0.2, -0.15) is 0 Å². The van der Waals surface area contributed by atoms with E-state index in [1.54, 1.807) is 11.8 Å². The lowest BCUT2D eigenvalue weighted by Gasteiger charge is -2.11. The largest absolute Gasteiger partial charge is 0.489 e. The van der Waals surface area contributed by atoms with Gasteiger partial charge in [0.05, 0.1) is 0 Å². The van der Waals surface area contributed by atoms with E-state index in [0.717, 1.165) is 31.3 Å². The first kappa shape index (κ1) is 19.3. The van der Waals surface area contributed by atoms with Gasteiger partial charge in [-0.05, 0) is 54.1 Å². The molecule has 0 bridgehead atoms. The number of nitrogens with two attached hydrogens (primary N) is 1. The predicted octanol–water partition coefficient (Wildman–Crippen LogP) is 5.72. The maximum absolute atomic E-state index is 11.1. The summed E-state index contributed by atoms with van der Waals surface area (Å²) in [5.74, 6) is 0.649. The molecule has 0 aliphatic heterocycles. The van der Waals surface area contributed by atoms with Crippen molar-refractivity contribution in [2.45, 2.75) is 23.3 Å². The molecular formula is C21H19BrN2O2S. The third kappa shape index (κ3) is 5.77. The third-order valence-electron chi connectivity index (χ3n) is 3.68. The zero-order chi connectivity index (χ0) is 19.2. The average molecular weight is 443 g/mol. The van der Waals surface area contributed by atoms with Crippen LogP contribution in [0.2, 0.25) is 0 Å². The summed E-state index contributed by atoms with van der Waals surface area (Å²) in [6.07, 6.45) is 0. The fraction of sp³-hybridized carbons (Fsp3) is 0.0952. The summed E-state index contributed by atoms with van der Waals surface area (Å²) in [7, 11) is 0. The Bertz CT molecular complexity index is 945. The van der Waals surface area contributed by atoms with Crippen LogP contribution < -0.4 is 15.8 Å². The second-order valence-electron chi connectivity index (χ2n) is 5.93. The van der Waals surface area contributed by atoms with Gasteiger partial charge in [-0.1, -0.05) is 39.8 Å². The normalized spacial score (nSPS) is 10.4. The van der Waals surface area contributed by atoms with Crippen LogP contribution in [0, 0.1) is 0 Å². The number of benzene rings is 3. The van der Waals surface area contributed by atoms with E-state index >= 15 is 0 Å². The van der Waals surface area contributed by atoms with E-state index in [-0.39, 0.29) is 5.91 Å². The highest BCUT2D eigenvalue weighted by Gasteiger charge is 2.05.